The Morgan fingerprint density at radius 1 is 1.14 bits per heavy atom. The third-order valence-corrected chi connectivity index (χ3v) is 3.26. The van der Waals surface area contributed by atoms with E-state index in [1.807, 2.05) is 37.3 Å². The zero-order valence-corrected chi connectivity index (χ0v) is 12.9. The van der Waals surface area contributed by atoms with Crippen LogP contribution in [0.1, 0.15) is 22.8 Å². The molecule has 0 spiro atoms. The number of ether oxygens (including phenoxy) is 2. The molecule has 0 aliphatic carbocycles. The highest BCUT2D eigenvalue weighted by Gasteiger charge is 2.15. The highest BCUT2D eigenvalue weighted by molar-refractivity contribution is 6.67. The monoisotopic (exact) mass is 324 g/mol. The standard InChI is InChI=1S/C16H14Cl2O3/c1-2-20-14-9-12(16(18)19)8-13(17)15(14)21-10-11-6-4-3-5-7-11/h3-9H,2,10H2,1H3. The zero-order chi connectivity index (χ0) is 15.2. The Hall–Kier alpha value is -1.71. The molecule has 0 aromatic heterocycles. The van der Waals surface area contributed by atoms with E-state index in [-0.39, 0.29) is 5.56 Å². The minimum atomic E-state index is -0.590. The lowest BCUT2D eigenvalue weighted by atomic mass is 10.2. The van der Waals surface area contributed by atoms with Crippen LogP contribution in [0.5, 0.6) is 11.5 Å². The van der Waals surface area contributed by atoms with Crippen LogP contribution in [0.15, 0.2) is 42.5 Å². The van der Waals surface area contributed by atoms with E-state index in [0.29, 0.717) is 29.7 Å². The lowest BCUT2D eigenvalue weighted by molar-refractivity contribution is 0.108. The van der Waals surface area contributed by atoms with Gasteiger partial charge in [-0.15, -0.1) is 0 Å². The summed E-state index contributed by atoms with van der Waals surface area (Å²) in [6.07, 6.45) is 0. The van der Waals surface area contributed by atoms with Crippen LogP contribution in [0, 0.1) is 0 Å². The summed E-state index contributed by atoms with van der Waals surface area (Å²) in [7, 11) is 0. The van der Waals surface area contributed by atoms with Crippen LogP contribution in [0.3, 0.4) is 0 Å². The molecule has 0 saturated heterocycles. The highest BCUT2D eigenvalue weighted by atomic mass is 35.5. The van der Waals surface area contributed by atoms with Gasteiger partial charge in [-0.3, -0.25) is 4.79 Å². The van der Waals surface area contributed by atoms with Crippen molar-refractivity contribution in [3.63, 3.8) is 0 Å². The second kappa shape index (κ2) is 7.34. The molecular formula is C16H14Cl2O3. The topological polar surface area (TPSA) is 35.5 Å². The number of carbonyl (C=O) groups is 1. The molecule has 2 aromatic rings. The number of benzene rings is 2. The van der Waals surface area contributed by atoms with Gasteiger partial charge in [-0.05, 0) is 36.2 Å². The van der Waals surface area contributed by atoms with Crippen LogP contribution >= 0.6 is 23.2 Å². The molecule has 0 aliphatic heterocycles. The Morgan fingerprint density at radius 2 is 1.86 bits per heavy atom. The van der Waals surface area contributed by atoms with Gasteiger partial charge < -0.3 is 9.47 Å². The minimum absolute atomic E-state index is 0.275. The molecule has 0 unspecified atom stereocenters. The molecule has 110 valence electrons. The van der Waals surface area contributed by atoms with Gasteiger partial charge >= 0.3 is 0 Å². The van der Waals surface area contributed by atoms with E-state index < -0.39 is 5.24 Å². The fourth-order valence-corrected chi connectivity index (χ4v) is 2.19. The maximum absolute atomic E-state index is 11.3. The van der Waals surface area contributed by atoms with Crippen molar-refractivity contribution in [3.05, 3.63) is 58.6 Å². The molecule has 0 bridgehead atoms. The summed E-state index contributed by atoms with van der Waals surface area (Å²) in [6.45, 7) is 2.62. The van der Waals surface area contributed by atoms with Crippen LogP contribution in [-0.4, -0.2) is 11.8 Å². The number of rotatable bonds is 6. The van der Waals surface area contributed by atoms with Crippen LogP contribution in [-0.2, 0) is 6.61 Å². The molecule has 0 N–H and O–H groups in total. The average Bonchev–Trinajstić information content (AvgIpc) is 2.47. The van der Waals surface area contributed by atoms with Crippen molar-refractivity contribution in [2.45, 2.75) is 13.5 Å². The Balaban J connectivity index is 2.26. The van der Waals surface area contributed by atoms with E-state index in [2.05, 4.69) is 0 Å². The van der Waals surface area contributed by atoms with Gasteiger partial charge in [0.2, 0.25) is 0 Å². The van der Waals surface area contributed by atoms with Crippen molar-refractivity contribution in [2.24, 2.45) is 0 Å². The Bertz CT molecular complexity index is 627. The van der Waals surface area contributed by atoms with Crippen LogP contribution in [0.4, 0.5) is 0 Å². The molecule has 21 heavy (non-hydrogen) atoms. The van der Waals surface area contributed by atoms with Gasteiger partial charge in [0.05, 0.1) is 11.6 Å². The first kappa shape index (κ1) is 15.7. The summed E-state index contributed by atoms with van der Waals surface area (Å²) < 4.78 is 11.2. The molecule has 0 atom stereocenters. The first-order chi connectivity index (χ1) is 10.1. The fraction of sp³-hybridized carbons (Fsp3) is 0.188. The van der Waals surface area contributed by atoms with Crippen LogP contribution in [0.2, 0.25) is 5.02 Å². The van der Waals surface area contributed by atoms with Crippen molar-refractivity contribution in [1.29, 1.82) is 0 Å². The van der Waals surface area contributed by atoms with Crippen LogP contribution < -0.4 is 9.47 Å². The smallest absolute Gasteiger partial charge is 0.252 e. The second-order valence-corrected chi connectivity index (χ2v) is 5.02. The molecule has 0 aliphatic rings. The van der Waals surface area contributed by atoms with E-state index in [1.165, 1.54) is 12.1 Å². The van der Waals surface area contributed by atoms with Gasteiger partial charge in [0.25, 0.3) is 5.24 Å². The lowest BCUT2D eigenvalue weighted by Gasteiger charge is -2.14. The van der Waals surface area contributed by atoms with Crippen molar-refractivity contribution < 1.29 is 14.3 Å². The second-order valence-electron chi connectivity index (χ2n) is 4.27. The fourth-order valence-electron chi connectivity index (χ4n) is 1.81. The number of halogens is 2. The van der Waals surface area contributed by atoms with E-state index in [0.717, 1.165) is 5.56 Å². The van der Waals surface area contributed by atoms with E-state index in [4.69, 9.17) is 32.7 Å². The van der Waals surface area contributed by atoms with E-state index in [1.54, 1.807) is 0 Å². The number of hydrogen-bond donors (Lipinski definition) is 0. The van der Waals surface area contributed by atoms with Gasteiger partial charge in [-0.1, -0.05) is 41.9 Å². The van der Waals surface area contributed by atoms with Crippen LogP contribution in [0.25, 0.3) is 0 Å². The maximum Gasteiger partial charge on any atom is 0.252 e. The SMILES string of the molecule is CCOc1cc(C(=O)Cl)cc(Cl)c1OCc1ccccc1. The summed E-state index contributed by atoms with van der Waals surface area (Å²) in [5.74, 6) is 0.814. The Labute approximate surface area is 133 Å². The maximum atomic E-state index is 11.3. The Morgan fingerprint density at radius 3 is 2.48 bits per heavy atom. The van der Waals surface area contributed by atoms with Crippen molar-refractivity contribution in [3.8, 4) is 11.5 Å². The number of carbonyl (C=O) groups excluding carboxylic acids is 1. The summed E-state index contributed by atoms with van der Waals surface area (Å²) in [4.78, 5) is 11.3. The quantitative estimate of drug-likeness (QED) is 0.722. The molecule has 0 radical (unpaired) electrons. The van der Waals surface area contributed by atoms with Gasteiger partial charge in [-0.25, -0.2) is 0 Å². The predicted octanol–water partition coefficient (Wildman–Crippen LogP) is 4.70. The summed E-state index contributed by atoms with van der Waals surface area (Å²) in [5, 5.41) is -0.298. The Kier molecular flexibility index (Phi) is 5.48. The molecule has 3 nitrogen and oxygen atoms in total. The third kappa shape index (κ3) is 4.13. The third-order valence-electron chi connectivity index (χ3n) is 2.76. The summed E-state index contributed by atoms with van der Waals surface area (Å²) in [5.41, 5.74) is 1.28. The molecule has 0 fully saturated rings. The predicted molar refractivity (Wildman–Crippen MR) is 83.6 cm³/mol. The molecule has 2 rings (SSSR count). The number of hydrogen-bond acceptors (Lipinski definition) is 3. The van der Waals surface area contributed by atoms with Gasteiger partial charge in [0.15, 0.2) is 11.5 Å². The van der Waals surface area contributed by atoms with E-state index >= 15 is 0 Å². The summed E-state index contributed by atoms with van der Waals surface area (Å²) >= 11 is 11.6. The minimum Gasteiger partial charge on any atom is -0.490 e. The highest BCUT2D eigenvalue weighted by Crippen LogP contribution is 2.37. The summed E-state index contributed by atoms with van der Waals surface area (Å²) in [6, 6.07) is 12.7. The van der Waals surface area contributed by atoms with Gasteiger partial charge in [-0.2, -0.15) is 0 Å². The molecule has 2 aromatic carbocycles. The largest absolute Gasteiger partial charge is 0.490 e. The average molecular weight is 325 g/mol. The first-order valence-electron chi connectivity index (χ1n) is 6.44. The molecule has 5 heteroatoms. The van der Waals surface area contributed by atoms with Gasteiger partial charge in [0, 0.05) is 5.56 Å². The first-order valence-corrected chi connectivity index (χ1v) is 7.20. The molecule has 0 amide bonds. The lowest BCUT2D eigenvalue weighted by Crippen LogP contribution is -2.02. The zero-order valence-electron chi connectivity index (χ0n) is 11.4. The molecule has 0 saturated carbocycles. The molecule has 0 heterocycles. The molecular weight excluding hydrogens is 311 g/mol. The normalized spacial score (nSPS) is 10.2. The van der Waals surface area contributed by atoms with Crippen molar-refractivity contribution in [1.82, 2.24) is 0 Å². The van der Waals surface area contributed by atoms with Crippen molar-refractivity contribution >= 4 is 28.4 Å². The van der Waals surface area contributed by atoms with E-state index in [9.17, 15) is 4.79 Å². The van der Waals surface area contributed by atoms with Crippen molar-refractivity contribution in [2.75, 3.05) is 6.61 Å². The van der Waals surface area contributed by atoms with Gasteiger partial charge in [0.1, 0.15) is 6.61 Å².